The number of aromatic nitrogens is 1. The van der Waals surface area contributed by atoms with E-state index in [1.807, 2.05) is 44.2 Å². The lowest BCUT2D eigenvalue weighted by Gasteiger charge is -2.12. The number of anilines is 1. The van der Waals surface area contributed by atoms with Gasteiger partial charge in [-0.15, -0.1) is 0 Å². The number of benzene rings is 2. The summed E-state index contributed by atoms with van der Waals surface area (Å²) in [6.45, 7) is 6.66. The fourth-order valence-corrected chi connectivity index (χ4v) is 4.27. The first kappa shape index (κ1) is 26.0. The molecule has 0 atom stereocenters. The van der Waals surface area contributed by atoms with E-state index < -0.39 is 11.5 Å². The van der Waals surface area contributed by atoms with Crippen molar-refractivity contribution in [1.82, 2.24) is 4.98 Å². The van der Waals surface area contributed by atoms with E-state index in [1.54, 1.807) is 24.3 Å². The van der Waals surface area contributed by atoms with Crippen LogP contribution < -0.4 is 15.6 Å². The maximum atomic E-state index is 13.3. The van der Waals surface area contributed by atoms with E-state index in [0.29, 0.717) is 41.5 Å². The molecule has 2 heterocycles. The molecule has 0 fully saturated rings. The normalized spacial score (nSPS) is 10.9. The van der Waals surface area contributed by atoms with Crippen molar-refractivity contribution >= 4 is 11.6 Å². The van der Waals surface area contributed by atoms with Crippen LogP contribution >= 0.6 is 0 Å². The van der Waals surface area contributed by atoms with Crippen LogP contribution in [0.25, 0.3) is 22.6 Å². The SMILES string of the molecule is CCCCCc1ccc(-c2cc(-c3ccc(CC)o3)c(C(=O)Nc3ccc(OCC)cc3)c(=O)[nH]2)cc1. The number of furan rings is 1. The molecule has 4 aromatic rings. The van der Waals surface area contributed by atoms with Crippen molar-refractivity contribution in [3.05, 3.63) is 94.0 Å². The number of aromatic amines is 1. The molecule has 0 aliphatic rings. The molecule has 2 N–H and O–H groups in total. The second kappa shape index (κ2) is 12.3. The van der Waals surface area contributed by atoms with Gasteiger partial charge in [0.15, 0.2) is 0 Å². The summed E-state index contributed by atoms with van der Waals surface area (Å²) in [5.41, 5.74) is 3.32. The highest BCUT2D eigenvalue weighted by Gasteiger charge is 2.22. The Hall–Kier alpha value is -4.06. The van der Waals surface area contributed by atoms with E-state index >= 15 is 0 Å². The van der Waals surface area contributed by atoms with E-state index in [9.17, 15) is 9.59 Å². The summed E-state index contributed by atoms with van der Waals surface area (Å²) in [5.74, 6) is 1.47. The fourth-order valence-electron chi connectivity index (χ4n) is 4.27. The Morgan fingerprint density at radius 3 is 2.35 bits per heavy atom. The molecule has 0 aliphatic carbocycles. The van der Waals surface area contributed by atoms with Gasteiger partial charge in [-0.3, -0.25) is 9.59 Å². The van der Waals surface area contributed by atoms with Crippen LogP contribution in [-0.4, -0.2) is 17.5 Å². The van der Waals surface area contributed by atoms with Crippen LogP contribution in [0, 0.1) is 0 Å². The van der Waals surface area contributed by atoms with Gasteiger partial charge in [-0.05, 0) is 73.4 Å². The molecule has 2 aromatic carbocycles. The molecule has 6 nitrogen and oxygen atoms in total. The number of hydrogen-bond acceptors (Lipinski definition) is 4. The second-order valence-electron chi connectivity index (χ2n) is 8.99. The molecule has 0 spiro atoms. The largest absolute Gasteiger partial charge is 0.494 e. The standard InChI is InChI=1S/C31H34N2O4/c1-4-7-8-9-21-10-12-22(13-11-21)27-20-26(28-19-18-24(5-2)37-28)29(31(35)33-27)30(34)32-23-14-16-25(17-15-23)36-6-3/h10-20H,4-9H2,1-3H3,(H,32,34)(H,33,35). The Balaban J connectivity index is 1.68. The third kappa shape index (κ3) is 6.39. The molecule has 1 amide bonds. The zero-order valence-electron chi connectivity index (χ0n) is 21.7. The highest BCUT2D eigenvalue weighted by molar-refractivity contribution is 6.08. The van der Waals surface area contributed by atoms with Crippen molar-refractivity contribution in [1.29, 1.82) is 0 Å². The summed E-state index contributed by atoms with van der Waals surface area (Å²) in [6.07, 6.45) is 5.30. The minimum Gasteiger partial charge on any atom is -0.494 e. The van der Waals surface area contributed by atoms with Crippen molar-refractivity contribution < 1.29 is 13.9 Å². The van der Waals surface area contributed by atoms with Crippen molar-refractivity contribution in [2.24, 2.45) is 0 Å². The monoisotopic (exact) mass is 498 g/mol. The van der Waals surface area contributed by atoms with Crippen LogP contribution in [0.3, 0.4) is 0 Å². The number of unbranched alkanes of at least 4 members (excludes halogenated alkanes) is 2. The molecular weight excluding hydrogens is 464 g/mol. The van der Waals surface area contributed by atoms with Gasteiger partial charge < -0.3 is 19.5 Å². The maximum absolute atomic E-state index is 13.3. The van der Waals surface area contributed by atoms with Crippen LogP contribution in [0.5, 0.6) is 5.75 Å². The number of carbonyl (C=O) groups is 1. The van der Waals surface area contributed by atoms with E-state index in [0.717, 1.165) is 24.2 Å². The average molecular weight is 499 g/mol. The van der Waals surface area contributed by atoms with Gasteiger partial charge in [-0.25, -0.2) is 0 Å². The predicted octanol–water partition coefficient (Wildman–Crippen LogP) is 7.25. The molecule has 192 valence electrons. The average Bonchev–Trinajstić information content (AvgIpc) is 3.39. The lowest BCUT2D eigenvalue weighted by molar-refractivity contribution is 0.102. The maximum Gasteiger partial charge on any atom is 0.262 e. The first-order chi connectivity index (χ1) is 18.0. The molecule has 0 saturated carbocycles. The topological polar surface area (TPSA) is 84.3 Å². The van der Waals surface area contributed by atoms with Gasteiger partial charge in [-0.2, -0.15) is 0 Å². The van der Waals surface area contributed by atoms with Crippen LogP contribution in [0.1, 0.15) is 61.7 Å². The zero-order chi connectivity index (χ0) is 26.2. The van der Waals surface area contributed by atoms with Crippen molar-refractivity contribution in [2.45, 2.75) is 52.9 Å². The summed E-state index contributed by atoms with van der Waals surface area (Å²) in [5, 5.41) is 2.83. The molecule has 6 heteroatoms. The summed E-state index contributed by atoms with van der Waals surface area (Å²) in [4.78, 5) is 29.6. The van der Waals surface area contributed by atoms with Crippen molar-refractivity contribution in [3.63, 3.8) is 0 Å². The molecule has 0 saturated heterocycles. The van der Waals surface area contributed by atoms with E-state index in [2.05, 4.69) is 29.4 Å². The van der Waals surface area contributed by atoms with Gasteiger partial charge in [0.2, 0.25) is 0 Å². The number of rotatable bonds is 11. The summed E-state index contributed by atoms with van der Waals surface area (Å²) >= 11 is 0. The Morgan fingerprint density at radius 1 is 0.946 bits per heavy atom. The third-order valence-corrected chi connectivity index (χ3v) is 6.29. The number of pyridine rings is 1. The molecular formula is C31H34N2O4. The lowest BCUT2D eigenvalue weighted by Crippen LogP contribution is -2.24. The summed E-state index contributed by atoms with van der Waals surface area (Å²) in [7, 11) is 0. The Kier molecular flexibility index (Phi) is 8.62. The van der Waals surface area contributed by atoms with Crippen molar-refractivity contribution in [2.75, 3.05) is 11.9 Å². The van der Waals surface area contributed by atoms with Gasteiger partial charge in [-0.1, -0.05) is 51.0 Å². The first-order valence-electron chi connectivity index (χ1n) is 13.0. The molecule has 2 aromatic heterocycles. The Labute approximate surface area is 217 Å². The fraction of sp³-hybridized carbons (Fsp3) is 0.290. The number of nitrogens with one attached hydrogen (secondary N) is 2. The van der Waals surface area contributed by atoms with Gasteiger partial charge in [0.05, 0.1) is 6.61 Å². The third-order valence-electron chi connectivity index (χ3n) is 6.29. The zero-order valence-corrected chi connectivity index (χ0v) is 21.7. The van der Waals surface area contributed by atoms with E-state index in [-0.39, 0.29) is 5.56 Å². The van der Waals surface area contributed by atoms with E-state index in [1.165, 1.54) is 18.4 Å². The Bertz CT molecular complexity index is 1380. The van der Waals surface area contributed by atoms with Gasteiger partial charge in [0, 0.05) is 23.4 Å². The highest BCUT2D eigenvalue weighted by Crippen LogP contribution is 2.29. The van der Waals surface area contributed by atoms with Crippen LogP contribution in [0.2, 0.25) is 0 Å². The second-order valence-corrected chi connectivity index (χ2v) is 8.99. The molecule has 0 bridgehead atoms. The van der Waals surface area contributed by atoms with Gasteiger partial charge >= 0.3 is 0 Å². The lowest BCUT2D eigenvalue weighted by atomic mass is 10.0. The number of hydrogen-bond donors (Lipinski definition) is 2. The number of aryl methyl sites for hydroxylation is 2. The highest BCUT2D eigenvalue weighted by atomic mass is 16.5. The molecule has 0 aliphatic heterocycles. The Morgan fingerprint density at radius 2 is 1.70 bits per heavy atom. The smallest absolute Gasteiger partial charge is 0.262 e. The molecule has 0 unspecified atom stereocenters. The number of ether oxygens (including phenoxy) is 1. The van der Waals surface area contributed by atoms with Crippen LogP contribution in [-0.2, 0) is 12.8 Å². The van der Waals surface area contributed by atoms with Gasteiger partial charge in [0.25, 0.3) is 11.5 Å². The minimum absolute atomic E-state index is 0.00539. The van der Waals surface area contributed by atoms with Gasteiger partial charge in [0.1, 0.15) is 22.8 Å². The predicted molar refractivity (Wildman–Crippen MR) is 148 cm³/mol. The number of H-pyrrole nitrogens is 1. The first-order valence-corrected chi connectivity index (χ1v) is 13.0. The number of carbonyl (C=O) groups excluding carboxylic acids is 1. The molecule has 37 heavy (non-hydrogen) atoms. The summed E-state index contributed by atoms with van der Waals surface area (Å²) < 4.78 is 11.4. The van der Waals surface area contributed by atoms with Crippen molar-refractivity contribution in [3.8, 4) is 28.3 Å². The quantitative estimate of drug-likeness (QED) is 0.213. The van der Waals surface area contributed by atoms with Crippen LogP contribution in [0.15, 0.2) is 75.9 Å². The van der Waals surface area contributed by atoms with Crippen LogP contribution in [0.4, 0.5) is 5.69 Å². The minimum atomic E-state index is -0.507. The number of amides is 1. The summed E-state index contributed by atoms with van der Waals surface area (Å²) in [6, 6.07) is 20.7. The molecule has 0 radical (unpaired) electrons. The molecule has 4 rings (SSSR count). The van der Waals surface area contributed by atoms with E-state index in [4.69, 9.17) is 9.15 Å².